The third kappa shape index (κ3) is 2.40. The fourth-order valence-corrected chi connectivity index (χ4v) is 3.17. The maximum Gasteiger partial charge on any atom is 0.245 e. The van der Waals surface area contributed by atoms with Gasteiger partial charge in [-0.25, -0.2) is 4.98 Å². The quantitative estimate of drug-likeness (QED) is 0.863. The Morgan fingerprint density at radius 1 is 1.40 bits per heavy atom. The molecule has 0 saturated carbocycles. The van der Waals surface area contributed by atoms with Gasteiger partial charge < -0.3 is 19.7 Å². The van der Waals surface area contributed by atoms with Gasteiger partial charge in [-0.2, -0.15) is 0 Å². The third-order valence-corrected chi connectivity index (χ3v) is 4.26. The summed E-state index contributed by atoms with van der Waals surface area (Å²) in [4.78, 5) is 21.4. The molecule has 6 nitrogen and oxygen atoms in total. The van der Waals surface area contributed by atoms with Crippen LogP contribution in [0.5, 0.6) is 0 Å². The Labute approximate surface area is 119 Å². The van der Waals surface area contributed by atoms with E-state index < -0.39 is 0 Å². The molecule has 3 rings (SSSR count). The van der Waals surface area contributed by atoms with Gasteiger partial charge in [0.05, 0.1) is 0 Å². The molecule has 1 aromatic heterocycles. The molecule has 1 unspecified atom stereocenters. The molecule has 0 aromatic carbocycles. The Morgan fingerprint density at radius 3 is 2.95 bits per heavy atom. The Kier molecular flexibility index (Phi) is 3.91. The highest BCUT2D eigenvalue weighted by Crippen LogP contribution is 2.25. The van der Waals surface area contributed by atoms with Gasteiger partial charge in [-0.3, -0.25) is 4.79 Å². The number of piperazine rings is 1. The van der Waals surface area contributed by atoms with Crippen molar-refractivity contribution in [1.29, 1.82) is 0 Å². The first kappa shape index (κ1) is 13.4. The van der Waals surface area contributed by atoms with E-state index in [1.807, 2.05) is 17.3 Å². The van der Waals surface area contributed by atoms with Crippen LogP contribution in [0.15, 0.2) is 12.4 Å². The van der Waals surface area contributed by atoms with Crippen LogP contribution in [0.3, 0.4) is 0 Å². The van der Waals surface area contributed by atoms with Crippen LogP contribution in [-0.2, 0) is 11.3 Å². The molecule has 2 aliphatic heterocycles. The molecule has 20 heavy (non-hydrogen) atoms. The second-order valence-electron chi connectivity index (χ2n) is 5.44. The molecule has 0 bridgehead atoms. The number of aromatic nitrogens is 2. The molecule has 0 radical (unpaired) electrons. The van der Waals surface area contributed by atoms with Crippen LogP contribution in [0.2, 0.25) is 0 Å². The van der Waals surface area contributed by atoms with Crippen LogP contribution in [0, 0.1) is 0 Å². The maximum atomic E-state index is 12.7. The molecular formula is C14H23N5O. The minimum absolute atomic E-state index is 0.0270. The van der Waals surface area contributed by atoms with Crippen molar-refractivity contribution in [3.63, 3.8) is 0 Å². The van der Waals surface area contributed by atoms with Crippen LogP contribution in [0.25, 0.3) is 0 Å². The number of carbonyl (C=O) groups is 1. The number of amides is 1. The summed E-state index contributed by atoms with van der Waals surface area (Å²) < 4.78 is 2.11. The number of rotatable bonds is 3. The topological polar surface area (TPSA) is 53.4 Å². The summed E-state index contributed by atoms with van der Waals surface area (Å²) >= 11 is 0. The lowest BCUT2D eigenvalue weighted by Gasteiger charge is -2.33. The summed E-state index contributed by atoms with van der Waals surface area (Å²) in [5, 5.41) is 3.29. The van der Waals surface area contributed by atoms with E-state index >= 15 is 0 Å². The number of nitrogens with zero attached hydrogens (tertiary/aromatic N) is 4. The molecule has 1 aromatic rings. The standard InChI is InChI=1S/C14H23N5O/c1-2-17-11-7-16-14(17)19-8-3-4-12(19)13(20)18-9-5-15-6-10-18/h7,11-12,15H,2-6,8-10H2,1H3. The summed E-state index contributed by atoms with van der Waals surface area (Å²) in [7, 11) is 0. The normalized spacial score (nSPS) is 23.4. The van der Waals surface area contributed by atoms with Crippen molar-refractivity contribution in [1.82, 2.24) is 19.8 Å². The lowest BCUT2D eigenvalue weighted by molar-refractivity contribution is -0.133. The van der Waals surface area contributed by atoms with Crippen LogP contribution in [-0.4, -0.2) is 59.1 Å². The molecule has 110 valence electrons. The summed E-state index contributed by atoms with van der Waals surface area (Å²) in [5.74, 6) is 1.22. The second-order valence-corrected chi connectivity index (χ2v) is 5.44. The largest absolute Gasteiger partial charge is 0.338 e. The highest BCUT2D eigenvalue weighted by Gasteiger charge is 2.35. The summed E-state index contributed by atoms with van der Waals surface area (Å²) in [5.41, 5.74) is 0. The van der Waals surface area contributed by atoms with Crippen molar-refractivity contribution in [2.45, 2.75) is 32.4 Å². The second kappa shape index (κ2) is 5.83. The van der Waals surface area contributed by atoms with Gasteiger partial charge in [0.2, 0.25) is 11.9 Å². The van der Waals surface area contributed by atoms with E-state index in [-0.39, 0.29) is 11.9 Å². The molecule has 1 N–H and O–H groups in total. The van der Waals surface area contributed by atoms with Crippen LogP contribution in [0.4, 0.5) is 5.95 Å². The van der Waals surface area contributed by atoms with E-state index in [4.69, 9.17) is 0 Å². The van der Waals surface area contributed by atoms with Crippen molar-refractivity contribution in [2.24, 2.45) is 0 Å². The molecule has 6 heteroatoms. The van der Waals surface area contributed by atoms with Crippen molar-refractivity contribution >= 4 is 11.9 Å². The summed E-state index contributed by atoms with van der Waals surface area (Å²) in [6.07, 6.45) is 5.82. The first-order valence-corrected chi connectivity index (χ1v) is 7.58. The first-order chi connectivity index (χ1) is 9.81. The number of hydrogen-bond donors (Lipinski definition) is 1. The van der Waals surface area contributed by atoms with Gasteiger partial charge >= 0.3 is 0 Å². The SMILES string of the molecule is CCn1ccnc1N1CCCC1C(=O)N1CCNCC1. The van der Waals surface area contributed by atoms with Crippen molar-refractivity contribution in [3.05, 3.63) is 12.4 Å². The van der Waals surface area contributed by atoms with E-state index in [0.29, 0.717) is 0 Å². The average molecular weight is 277 g/mol. The lowest BCUT2D eigenvalue weighted by Crippen LogP contribution is -2.52. The Bertz CT molecular complexity index is 466. The molecule has 2 fully saturated rings. The minimum Gasteiger partial charge on any atom is -0.338 e. The zero-order chi connectivity index (χ0) is 13.9. The van der Waals surface area contributed by atoms with Crippen molar-refractivity contribution in [3.8, 4) is 0 Å². The smallest absolute Gasteiger partial charge is 0.245 e. The fourth-order valence-electron chi connectivity index (χ4n) is 3.17. The Hall–Kier alpha value is -1.56. The molecule has 0 spiro atoms. The zero-order valence-corrected chi connectivity index (χ0v) is 12.1. The third-order valence-electron chi connectivity index (χ3n) is 4.26. The van der Waals surface area contributed by atoms with E-state index in [2.05, 4.69) is 26.7 Å². The number of carbonyl (C=O) groups excluding carboxylic acids is 1. The number of anilines is 1. The first-order valence-electron chi connectivity index (χ1n) is 7.58. The van der Waals surface area contributed by atoms with Crippen molar-refractivity contribution < 1.29 is 4.79 Å². The highest BCUT2D eigenvalue weighted by atomic mass is 16.2. The van der Waals surface area contributed by atoms with E-state index in [1.165, 1.54) is 0 Å². The minimum atomic E-state index is -0.0270. The van der Waals surface area contributed by atoms with Crippen LogP contribution in [0.1, 0.15) is 19.8 Å². The van der Waals surface area contributed by atoms with Gasteiger partial charge in [-0.15, -0.1) is 0 Å². The number of nitrogens with one attached hydrogen (secondary N) is 1. The van der Waals surface area contributed by atoms with Crippen LogP contribution < -0.4 is 10.2 Å². The van der Waals surface area contributed by atoms with Gasteiger partial charge in [-0.05, 0) is 19.8 Å². The zero-order valence-electron chi connectivity index (χ0n) is 12.1. The monoisotopic (exact) mass is 277 g/mol. The van der Waals surface area contributed by atoms with E-state index in [9.17, 15) is 4.79 Å². The summed E-state index contributed by atoms with van der Waals surface area (Å²) in [6, 6.07) is -0.0270. The fraction of sp³-hybridized carbons (Fsp3) is 0.714. The van der Waals surface area contributed by atoms with Gasteiger partial charge in [0.15, 0.2) is 0 Å². The number of imidazole rings is 1. The molecule has 0 aliphatic carbocycles. The Balaban J connectivity index is 1.76. The summed E-state index contributed by atoms with van der Waals surface area (Å²) in [6.45, 7) is 7.38. The highest BCUT2D eigenvalue weighted by molar-refractivity contribution is 5.85. The molecule has 3 heterocycles. The molecule has 2 saturated heterocycles. The van der Waals surface area contributed by atoms with Gasteiger partial charge in [0, 0.05) is 51.7 Å². The van der Waals surface area contributed by atoms with Gasteiger partial charge in [0.1, 0.15) is 6.04 Å². The lowest BCUT2D eigenvalue weighted by atomic mass is 10.2. The van der Waals surface area contributed by atoms with Gasteiger partial charge in [-0.1, -0.05) is 0 Å². The predicted molar refractivity (Wildman–Crippen MR) is 77.7 cm³/mol. The predicted octanol–water partition coefficient (Wildman–Crippen LogP) is 0.304. The Morgan fingerprint density at radius 2 is 2.20 bits per heavy atom. The number of hydrogen-bond acceptors (Lipinski definition) is 4. The molecule has 2 aliphatic rings. The molecule has 1 amide bonds. The van der Waals surface area contributed by atoms with Gasteiger partial charge in [0.25, 0.3) is 0 Å². The molecule has 1 atom stereocenters. The van der Waals surface area contributed by atoms with Crippen molar-refractivity contribution in [2.75, 3.05) is 37.6 Å². The number of aryl methyl sites for hydroxylation is 1. The average Bonchev–Trinajstić information content (AvgIpc) is 3.15. The molecular weight excluding hydrogens is 254 g/mol. The van der Waals surface area contributed by atoms with E-state index in [0.717, 1.165) is 58.1 Å². The maximum absolute atomic E-state index is 12.7. The van der Waals surface area contributed by atoms with E-state index in [1.54, 1.807) is 0 Å². The van der Waals surface area contributed by atoms with Crippen LogP contribution >= 0.6 is 0 Å².